The topological polar surface area (TPSA) is 172 Å². The first-order chi connectivity index (χ1) is 10.3. The van der Waals surface area contributed by atoms with Gasteiger partial charge in [0.05, 0.1) is 11.9 Å². The molecule has 1 fully saturated rings. The second-order valence-electron chi connectivity index (χ2n) is 4.96. The Kier molecular flexibility index (Phi) is 6.59. The summed E-state index contributed by atoms with van der Waals surface area (Å²) >= 11 is 0. The normalized spacial score (nSPS) is 35.0. The number of hydrogen-bond acceptors (Lipinski definition) is 9. The van der Waals surface area contributed by atoms with E-state index in [4.69, 9.17) is 9.84 Å². The summed E-state index contributed by atoms with van der Waals surface area (Å²) in [5, 5.41) is 53.1. The quantitative estimate of drug-likeness (QED) is 0.178. The maximum Gasteiger partial charge on any atom is 0.342 e. The number of nitrogens with one attached hydrogen (secondary N) is 1. The minimum Gasteiger partial charge on any atom is -0.394 e. The highest BCUT2D eigenvalue weighted by Gasteiger charge is 2.55. The lowest BCUT2D eigenvalue weighted by Gasteiger charge is -2.46. The van der Waals surface area contributed by atoms with Crippen molar-refractivity contribution in [3.63, 3.8) is 0 Å². The Morgan fingerprint density at radius 3 is 2.55 bits per heavy atom. The summed E-state index contributed by atoms with van der Waals surface area (Å²) in [6, 6.07) is -1.18. The van der Waals surface area contributed by atoms with Crippen LogP contribution in [0, 0.1) is 4.91 Å². The van der Waals surface area contributed by atoms with Crippen molar-refractivity contribution < 1.29 is 35.1 Å². The van der Waals surface area contributed by atoms with Gasteiger partial charge in [-0.25, -0.2) is 4.79 Å². The minimum atomic E-state index is -2.77. The van der Waals surface area contributed by atoms with Gasteiger partial charge in [0.15, 0.2) is 0 Å². The van der Waals surface area contributed by atoms with Crippen molar-refractivity contribution in [3.8, 4) is 0 Å². The Bertz CT molecular complexity index is 398. The van der Waals surface area contributed by atoms with Crippen LogP contribution in [0.25, 0.3) is 0 Å². The zero-order valence-corrected chi connectivity index (χ0v) is 12.0. The van der Waals surface area contributed by atoms with Crippen LogP contribution in [0.1, 0.15) is 19.8 Å². The third-order valence-corrected chi connectivity index (χ3v) is 3.38. The maximum absolute atomic E-state index is 11.9. The molecule has 128 valence electrons. The van der Waals surface area contributed by atoms with Gasteiger partial charge in [0, 0.05) is 6.54 Å². The smallest absolute Gasteiger partial charge is 0.342 e. The van der Waals surface area contributed by atoms with Crippen LogP contribution in [0.5, 0.6) is 0 Å². The molecule has 0 aliphatic carbocycles. The molecule has 22 heavy (non-hydrogen) atoms. The summed E-state index contributed by atoms with van der Waals surface area (Å²) in [6.45, 7) is 1.07. The molecule has 0 saturated carbocycles. The van der Waals surface area contributed by atoms with Crippen molar-refractivity contribution in [2.45, 2.75) is 50.1 Å². The van der Waals surface area contributed by atoms with Crippen LogP contribution in [0.15, 0.2) is 5.29 Å². The van der Waals surface area contributed by atoms with E-state index in [1.807, 2.05) is 12.2 Å². The average molecular weight is 323 g/mol. The second-order valence-corrected chi connectivity index (χ2v) is 4.96. The number of nitrogens with zero attached hydrogens (tertiary/aromatic N) is 2. The van der Waals surface area contributed by atoms with Crippen molar-refractivity contribution in [2.24, 2.45) is 5.29 Å². The summed E-state index contributed by atoms with van der Waals surface area (Å²) in [5.74, 6) is 0. The summed E-state index contributed by atoms with van der Waals surface area (Å²) in [6.07, 6.45) is -6.17. The molecule has 1 aliphatic rings. The second kappa shape index (κ2) is 7.76. The van der Waals surface area contributed by atoms with Crippen molar-refractivity contribution in [3.05, 3.63) is 4.91 Å². The first-order valence-corrected chi connectivity index (χ1v) is 6.77. The zero-order valence-electron chi connectivity index (χ0n) is 12.0. The standard InChI is InChI=1S/C11H21N3O8/c1-2-3-4-14(13-21)10(19)12-11(20)8(17)7(16)6(5-15)22-9(11)18/h6-9,15-18,20H,2-5H2,1H3,(H,12,19)/t6-,7-,8+,9?,11+/m1/s1. The van der Waals surface area contributed by atoms with E-state index in [0.29, 0.717) is 17.9 Å². The van der Waals surface area contributed by atoms with E-state index in [0.717, 1.165) is 0 Å². The lowest BCUT2D eigenvalue weighted by atomic mass is 9.93. The molecule has 0 radical (unpaired) electrons. The van der Waals surface area contributed by atoms with E-state index in [9.17, 15) is 30.1 Å². The van der Waals surface area contributed by atoms with Gasteiger partial charge in [-0.1, -0.05) is 13.3 Å². The molecule has 1 aliphatic heterocycles. The van der Waals surface area contributed by atoms with Crippen LogP contribution < -0.4 is 5.32 Å². The number of urea groups is 1. The van der Waals surface area contributed by atoms with Gasteiger partial charge in [0.2, 0.25) is 12.0 Å². The Balaban J connectivity index is 2.84. The Hall–Kier alpha value is -1.37. The number of carbonyl (C=O) groups excluding carboxylic acids is 1. The number of aliphatic hydroxyl groups is 5. The number of ether oxygens (including phenoxy) is 1. The minimum absolute atomic E-state index is 0.0310. The molecule has 0 aromatic carbocycles. The maximum atomic E-state index is 11.9. The Morgan fingerprint density at radius 1 is 1.41 bits per heavy atom. The predicted molar refractivity (Wildman–Crippen MR) is 70.9 cm³/mol. The van der Waals surface area contributed by atoms with Crippen molar-refractivity contribution in [1.82, 2.24) is 10.3 Å². The average Bonchev–Trinajstić information content (AvgIpc) is 2.50. The van der Waals surface area contributed by atoms with Gasteiger partial charge in [-0.15, -0.1) is 4.91 Å². The lowest BCUT2D eigenvalue weighted by molar-refractivity contribution is -0.335. The summed E-state index contributed by atoms with van der Waals surface area (Å²) in [5.41, 5.74) is -2.77. The van der Waals surface area contributed by atoms with E-state index < -0.39 is 43.0 Å². The number of rotatable bonds is 6. The SMILES string of the molecule is CCCCN(N=O)C(=O)N[C@@]1(O)C(O)O[C@H](CO)[C@@H](O)[C@@H]1O. The highest BCUT2D eigenvalue weighted by Crippen LogP contribution is 2.27. The van der Waals surface area contributed by atoms with Gasteiger partial charge in [0.25, 0.3) is 0 Å². The summed E-state index contributed by atoms with van der Waals surface area (Å²) in [4.78, 5) is 22.5. The van der Waals surface area contributed by atoms with Crippen LogP contribution in [-0.4, -0.2) is 80.1 Å². The third kappa shape index (κ3) is 3.69. The molecule has 1 rings (SSSR count). The van der Waals surface area contributed by atoms with E-state index >= 15 is 0 Å². The fourth-order valence-electron chi connectivity index (χ4n) is 1.97. The molecule has 0 bridgehead atoms. The Morgan fingerprint density at radius 2 is 2.05 bits per heavy atom. The van der Waals surface area contributed by atoms with Crippen LogP contribution in [-0.2, 0) is 4.74 Å². The number of aliphatic hydroxyl groups excluding tert-OH is 4. The number of carbonyl (C=O) groups is 1. The lowest BCUT2D eigenvalue weighted by Crippen LogP contribution is -2.74. The molecule has 0 aromatic heterocycles. The molecule has 11 nitrogen and oxygen atoms in total. The van der Waals surface area contributed by atoms with Crippen LogP contribution in [0.4, 0.5) is 4.79 Å². The largest absolute Gasteiger partial charge is 0.394 e. The molecule has 6 N–H and O–H groups in total. The summed E-state index contributed by atoms with van der Waals surface area (Å²) in [7, 11) is 0. The van der Waals surface area contributed by atoms with Gasteiger partial charge < -0.3 is 35.6 Å². The third-order valence-electron chi connectivity index (χ3n) is 3.38. The number of hydrogen-bond donors (Lipinski definition) is 6. The fraction of sp³-hybridized carbons (Fsp3) is 0.909. The van der Waals surface area contributed by atoms with Crippen LogP contribution in [0.2, 0.25) is 0 Å². The Labute approximate surface area is 126 Å². The molecule has 1 saturated heterocycles. The zero-order chi connectivity index (χ0) is 16.9. The molecular weight excluding hydrogens is 302 g/mol. The van der Waals surface area contributed by atoms with E-state index in [-0.39, 0.29) is 6.54 Å². The molecule has 1 heterocycles. The van der Waals surface area contributed by atoms with Crippen molar-refractivity contribution in [2.75, 3.05) is 13.2 Å². The number of amides is 2. The van der Waals surface area contributed by atoms with Gasteiger partial charge in [-0.3, -0.25) is 0 Å². The summed E-state index contributed by atoms with van der Waals surface area (Å²) < 4.78 is 4.73. The van der Waals surface area contributed by atoms with E-state index in [1.165, 1.54) is 0 Å². The molecule has 0 spiro atoms. The number of unbranched alkanes of at least 4 members (excludes halogenated alkanes) is 1. The van der Waals surface area contributed by atoms with Crippen LogP contribution in [0.3, 0.4) is 0 Å². The van der Waals surface area contributed by atoms with Gasteiger partial charge in [-0.05, 0) is 6.42 Å². The van der Waals surface area contributed by atoms with E-state index in [2.05, 4.69) is 5.29 Å². The molecule has 11 heteroatoms. The molecule has 0 aromatic rings. The number of nitroso groups, excluding NO2 is 1. The highest BCUT2D eigenvalue weighted by atomic mass is 16.6. The van der Waals surface area contributed by atoms with Crippen LogP contribution >= 0.6 is 0 Å². The molecule has 1 unspecified atom stereocenters. The van der Waals surface area contributed by atoms with Gasteiger partial charge >= 0.3 is 6.03 Å². The first-order valence-electron chi connectivity index (χ1n) is 6.77. The predicted octanol–water partition coefficient (Wildman–Crippen LogP) is -2.40. The fourth-order valence-corrected chi connectivity index (χ4v) is 1.97. The van der Waals surface area contributed by atoms with E-state index in [1.54, 1.807) is 0 Å². The molecular formula is C11H21N3O8. The highest BCUT2D eigenvalue weighted by molar-refractivity contribution is 5.74. The van der Waals surface area contributed by atoms with Crippen molar-refractivity contribution in [1.29, 1.82) is 0 Å². The van der Waals surface area contributed by atoms with Gasteiger partial charge in [-0.2, -0.15) is 5.01 Å². The monoisotopic (exact) mass is 323 g/mol. The van der Waals surface area contributed by atoms with Crippen molar-refractivity contribution >= 4 is 6.03 Å². The molecule has 5 atom stereocenters. The first kappa shape index (κ1) is 18.7. The molecule has 2 amide bonds. The van der Waals surface area contributed by atoms with Gasteiger partial charge in [0.1, 0.15) is 18.3 Å².